The highest BCUT2D eigenvalue weighted by molar-refractivity contribution is 7.99. The highest BCUT2D eigenvalue weighted by Crippen LogP contribution is 2.35. The van der Waals surface area contributed by atoms with E-state index >= 15 is 0 Å². The Labute approximate surface area is 146 Å². The predicted molar refractivity (Wildman–Crippen MR) is 94.9 cm³/mol. The fourth-order valence-electron chi connectivity index (χ4n) is 3.08. The highest BCUT2D eigenvalue weighted by Gasteiger charge is 2.24. The topological polar surface area (TPSA) is 63.2 Å². The number of thioether (sulfide) groups is 1. The number of hydrogen-bond donors (Lipinski definition) is 0. The van der Waals surface area contributed by atoms with Crippen LogP contribution in [0.4, 0.5) is 0 Å². The van der Waals surface area contributed by atoms with E-state index in [1.165, 1.54) is 32.1 Å². The van der Waals surface area contributed by atoms with Gasteiger partial charge in [0.1, 0.15) is 11.7 Å². The van der Waals surface area contributed by atoms with Crippen LogP contribution in [0.2, 0.25) is 0 Å². The highest BCUT2D eigenvalue weighted by atomic mass is 32.2. The molecule has 0 bridgehead atoms. The lowest BCUT2D eigenvalue weighted by Gasteiger charge is -2.20. The van der Waals surface area contributed by atoms with E-state index < -0.39 is 12.1 Å². The van der Waals surface area contributed by atoms with E-state index in [9.17, 15) is 4.79 Å². The summed E-state index contributed by atoms with van der Waals surface area (Å²) in [5.41, 5.74) is 1.57. The van der Waals surface area contributed by atoms with Crippen LogP contribution in [-0.4, -0.2) is 17.3 Å². The monoisotopic (exact) mass is 343 g/mol. The molecule has 0 radical (unpaired) electrons. The number of benzene rings is 1. The summed E-state index contributed by atoms with van der Waals surface area (Å²) in [5, 5.41) is 10.5. The van der Waals surface area contributed by atoms with Crippen molar-refractivity contribution >= 4 is 28.7 Å². The molecule has 0 unspecified atom stereocenters. The second-order valence-electron chi connectivity index (χ2n) is 6.15. The first-order valence-electron chi connectivity index (χ1n) is 8.41. The van der Waals surface area contributed by atoms with Gasteiger partial charge in [0.15, 0.2) is 6.10 Å². The van der Waals surface area contributed by atoms with E-state index in [-0.39, 0.29) is 5.76 Å². The maximum absolute atomic E-state index is 12.4. The van der Waals surface area contributed by atoms with Crippen LogP contribution in [-0.2, 0) is 10.5 Å². The molecule has 1 saturated carbocycles. The minimum atomic E-state index is -0.787. The summed E-state index contributed by atoms with van der Waals surface area (Å²) in [6, 6.07) is 9.57. The molecule has 3 rings (SSSR count). The number of carbonyl (C=O) groups excluding carboxylic acids is 1. The third-order valence-electron chi connectivity index (χ3n) is 4.36. The van der Waals surface area contributed by atoms with Crippen molar-refractivity contribution < 1.29 is 13.9 Å². The van der Waals surface area contributed by atoms with Crippen molar-refractivity contribution in [2.45, 2.75) is 56.1 Å². The Morgan fingerprint density at radius 3 is 2.88 bits per heavy atom. The van der Waals surface area contributed by atoms with Crippen LogP contribution >= 0.6 is 11.8 Å². The van der Waals surface area contributed by atoms with Crippen molar-refractivity contribution in [2.75, 3.05) is 0 Å². The summed E-state index contributed by atoms with van der Waals surface area (Å²) >= 11 is 1.89. The molecule has 0 amide bonds. The molecule has 126 valence electrons. The van der Waals surface area contributed by atoms with Gasteiger partial charge in [0.2, 0.25) is 5.76 Å². The Morgan fingerprint density at radius 1 is 1.38 bits per heavy atom. The minimum Gasteiger partial charge on any atom is -0.449 e. The van der Waals surface area contributed by atoms with Gasteiger partial charge in [-0.1, -0.05) is 37.5 Å². The van der Waals surface area contributed by atoms with Gasteiger partial charge in [-0.2, -0.15) is 17.0 Å². The van der Waals surface area contributed by atoms with Crippen LogP contribution in [0.25, 0.3) is 11.0 Å². The summed E-state index contributed by atoms with van der Waals surface area (Å²) < 4.78 is 10.9. The summed E-state index contributed by atoms with van der Waals surface area (Å²) in [6.45, 7) is 1.55. The number of fused-ring (bicyclic) bond motifs is 1. The molecule has 0 N–H and O–H groups in total. The van der Waals surface area contributed by atoms with Gasteiger partial charge >= 0.3 is 5.97 Å². The largest absolute Gasteiger partial charge is 0.449 e. The molecule has 1 atom stereocenters. The molecule has 24 heavy (non-hydrogen) atoms. The van der Waals surface area contributed by atoms with Gasteiger partial charge in [-0.3, -0.25) is 0 Å². The predicted octanol–water partition coefficient (Wildman–Crippen LogP) is 5.07. The van der Waals surface area contributed by atoms with Gasteiger partial charge in [0.25, 0.3) is 0 Å². The van der Waals surface area contributed by atoms with Gasteiger partial charge in [-0.25, -0.2) is 4.79 Å². The van der Waals surface area contributed by atoms with Crippen molar-refractivity contribution in [3.8, 4) is 6.07 Å². The van der Waals surface area contributed by atoms with E-state index in [2.05, 4.69) is 0 Å². The Kier molecular flexibility index (Phi) is 5.47. The van der Waals surface area contributed by atoms with E-state index in [1.54, 1.807) is 6.92 Å². The average Bonchev–Trinajstić information content (AvgIpc) is 2.99. The second kappa shape index (κ2) is 7.76. The maximum atomic E-state index is 12.4. The lowest BCUT2D eigenvalue weighted by atomic mass is 10.0. The third-order valence-corrected chi connectivity index (χ3v) is 5.76. The lowest BCUT2D eigenvalue weighted by molar-refractivity contribution is 0.0400. The van der Waals surface area contributed by atoms with Crippen molar-refractivity contribution in [2.24, 2.45) is 0 Å². The summed E-state index contributed by atoms with van der Waals surface area (Å²) in [4.78, 5) is 12.4. The molecule has 1 aliphatic carbocycles. The van der Waals surface area contributed by atoms with E-state index in [0.717, 1.165) is 16.7 Å². The Hall–Kier alpha value is -1.93. The van der Waals surface area contributed by atoms with Gasteiger partial charge in [-0.15, -0.1) is 0 Å². The van der Waals surface area contributed by atoms with Crippen molar-refractivity contribution in [1.29, 1.82) is 5.26 Å². The molecule has 1 aromatic heterocycles. The van der Waals surface area contributed by atoms with Crippen LogP contribution in [0, 0.1) is 11.3 Å². The molecule has 2 aromatic rings. The normalized spacial score (nSPS) is 16.7. The molecule has 1 aliphatic rings. The SMILES string of the molecule is C[C@H](C#N)OC(=O)c1oc2ccccc2c1CSC1CCCCC1. The fourth-order valence-corrected chi connectivity index (χ4v) is 4.44. The van der Waals surface area contributed by atoms with Gasteiger partial charge in [-0.05, 0) is 25.8 Å². The summed E-state index contributed by atoms with van der Waals surface area (Å²) in [5.74, 6) is 0.411. The fraction of sp³-hybridized carbons (Fsp3) is 0.474. The quantitative estimate of drug-likeness (QED) is 0.709. The molecular formula is C19H21NO3S. The van der Waals surface area contributed by atoms with E-state index in [0.29, 0.717) is 10.8 Å². The molecule has 5 heteroatoms. The number of para-hydroxylation sites is 1. The van der Waals surface area contributed by atoms with Crippen LogP contribution < -0.4 is 0 Å². The number of hydrogen-bond acceptors (Lipinski definition) is 5. The minimum absolute atomic E-state index is 0.238. The van der Waals surface area contributed by atoms with Crippen LogP contribution in [0.1, 0.15) is 55.1 Å². The first kappa shape index (κ1) is 16.9. The first-order valence-corrected chi connectivity index (χ1v) is 9.46. The first-order chi connectivity index (χ1) is 11.7. The summed E-state index contributed by atoms with van der Waals surface area (Å²) in [7, 11) is 0. The Balaban J connectivity index is 1.84. The molecule has 1 aromatic carbocycles. The molecule has 1 heterocycles. The van der Waals surface area contributed by atoms with Crippen molar-refractivity contribution in [3.63, 3.8) is 0 Å². The van der Waals surface area contributed by atoms with Crippen LogP contribution in [0.15, 0.2) is 28.7 Å². The maximum Gasteiger partial charge on any atom is 0.375 e. The van der Waals surface area contributed by atoms with Crippen LogP contribution in [0.3, 0.4) is 0 Å². The summed E-state index contributed by atoms with van der Waals surface area (Å²) in [6.07, 6.45) is 5.60. The Morgan fingerprint density at radius 2 is 2.12 bits per heavy atom. The van der Waals surface area contributed by atoms with Gasteiger partial charge in [0, 0.05) is 22.0 Å². The van der Waals surface area contributed by atoms with Gasteiger partial charge in [0.05, 0.1) is 0 Å². The zero-order valence-electron chi connectivity index (χ0n) is 13.8. The Bertz CT molecular complexity index is 756. The number of esters is 1. The number of nitriles is 1. The lowest BCUT2D eigenvalue weighted by Crippen LogP contribution is -2.14. The number of nitrogens with zero attached hydrogens (tertiary/aromatic N) is 1. The van der Waals surface area contributed by atoms with Crippen molar-refractivity contribution in [1.82, 2.24) is 0 Å². The molecule has 1 fully saturated rings. The molecule has 0 spiro atoms. The van der Waals surface area contributed by atoms with E-state index in [1.807, 2.05) is 42.1 Å². The molecule has 0 saturated heterocycles. The number of carbonyl (C=O) groups is 1. The molecular weight excluding hydrogens is 322 g/mol. The second-order valence-corrected chi connectivity index (χ2v) is 7.44. The van der Waals surface area contributed by atoms with Crippen molar-refractivity contribution in [3.05, 3.63) is 35.6 Å². The standard InChI is InChI=1S/C19H21NO3S/c1-13(11-20)22-19(21)18-16(12-24-14-7-3-2-4-8-14)15-9-5-6-10-17(15)23-18/h5-6,9-10,13-14H,2-4,7-8,12H2,1H3/t13-/m1/s1. The molecule has 0 aliphatic heterocycles. The molecule has 4 nitrogen and oxygen atoms in total. The average molecular weight is 343 g/mol. The number of furan rings is 1. The third kappa shape index (κ3) is 3.76. The zero-order valence-corrected chi connectivity index (χ0v) is 14.6. The number of ether oxygens (including phenoxy) is 1. The smallest absolute Gasteiger partial charge is 0.375 e. The van der Waals surface area contributed by atoms with E-state index in [4.69, 9.17) is 14.4 Å². The number of rotatable bonds is 5. The van der Waals surface area contributed by atoms with Crippen LogP contribution in [0.5, 0.6) is 0 Å². The zero-order chi connectivity index (χ0) is 16.9. The van der Waals surface area contributed by atoms with Gasteiger partial charge < -0.3 is 9.15 Å².